The summed E-state index contributed by atoms with van der Waals surface area (Å²) in [6, 6.07) is 0. The van der Waals surface area contributed by atoms with Crippen molar-refractivity contribution in [2.75, 3.05) is 11.5 Å². The van der Waals surface area contributed by atoms with Crippen LogP contribution in [0.3, 0.4) is 0 Å². The van der Waals surface area contributed by atoms with E-state index in [2.05, 4.69) is 9.98 Å². The Morgan fingerprint density at radius 2 is 1.92 bits per heavy atom. The molecule has 5 heteroatoms. The number of carbonyl (C=O) groups excluding carboxylic acids is 2. The normalized spacial score (nSPS) is 11.1. The van der Waals surface area contributed by atoms with E-state index < -0.39 is 6.17 Å². The summed E-state index contributed by atoms with van der Waals surface area (Å²) in [7, 11) is 0. The molecule has 0 aliphatic rings. The Balaban J connectivity index is 3.78. The van der Waals surface area contributed by atoms with Crippen LogP contribution in [-0.2, 0) is 9.59 Å². The number of hydrogen-bond acceptors (Lipinski definition) is 5. The Morgan fingerprint density at radius 1 is 1.33 bits per heavy atom. The summed E-state index contributed by atoms with van der Waals surface area (Å²) in [6.45, 7) is 2.03. The first kappa shape index (κ1) is 11.1. The second-order valence-corrected chi connectivity index (χ2v) is 3.30. The molecule has 0 saturated carbocycles. The Morgan fingerprint density at radius 3 is 2.33 bits per heavy atom. The third kappa shape index (κ3) is 5.86. The summed E-state index contributed by atoms with van der Waals surface area (Å²) < 4.78 is 0. The van der Waals surface area contributed by atoms with Gasteiger partial charge in [-0.05, 0) is 11.5 Å². The lowest BCUT2D eigenvalue weighted by molar-refractivity contribution is 0.547. The molecule has 0 aromatic rings. The number of hydrogen-bond donors (Lipinski definition) is 0. The molecule has 0 saturated heterocycles. The monoisotopic (exact) mass is 186 g/mol. The van der Waals surface area contributed by atoms with Crippen LogP contribution < -0.4 is 0 Å². The Hall–Kier alpha value is -0.890. The van der Waals surface area contributed by atoms with Crippen molar-refractivity contribution in [3.05, 3.63) is 0 Å². The van der Waals surface area contributed by atoms with Gasteiger partial charge in [-0.3, -0.25) is 0 Å². The van der Waals surface area contributed by atoms with Crippen molar-refractivity contribution in [1.82, 2.24) is 0 Å². The van der Waals surface area contributed by atoms with Crippen molar-refractivity contribution < 1.29 is 9.59 Å². The molecular formula is C7H10N2O2S. The SMILES string of the molecule is CCSCCC(N=C=O)N=C=O. The van der Waals surface area contributed by atoms with Crippen molar-refractivity contribution in [3.63, 3.8) is 0 Å². The van der Waals surface area contributed by atoms with Crippen molar-refractivity contribution in [1.29, 1.82) is 0 Å². The first-order chi connectivity index (χ1) is 5.85. The van der Waals surface area contributed by atoms with Gasteiger partial charge >= 0.3 is 0 Å². The molecule has 0 aliphatic heterocycles. The molecule has 0 heterocycles. The van der Waals surface area contributed by atoms with Crippen LogP contribution in [0.5, 0.6) is 0 Å². The number of thioether (sulfide) groups is 1. The van der Waals surface area contributed by atoms with E-state index in [0.717, 1.165) is 11.5 Å². The fraction of sp³-hybridized carbons (Fsp3) is 0.714. The van der Waals surface area contributed by atoms with Gasteiger partial charge in [-0.2, -0.15) is 21.7 Å². The van der Waals surface area contributed by atoms with Crippen LogP contribution in [0.4, 0.5) is 0 Å². The highest BCUT2D eigenvalue weighted by Crippen LogP contribution is 2.06. The highest BCUT2D eigenvalue weighted by atomic mass is 32.2. The highest BCUT2D eigenvalue weighted by Gasteiger charge is 2.02. The first-order valence-electron chi connectivity index (χ1n) is 3.56. The lowest BCUT2D eigenvalue weighted by Gasteiger charge is -2.00. The number of rotatable bonds is 6. The zero-order valence-electron chi connectivity index (χ0n) is 6.82. The Bertz CT molecular complexity index is 189. The minimum Gasteiger partial charge on any atom is -0.211 e. The summed E-state index contributed by atoms with van der Waals surface area (Å²) in [5.41, 5.74) is 0. The van der Waals surface area contributed by atoms with Crippen LogP contribution in [0.2, 0.25) is 0 Å². The molecule has 0 aromatic heterocycles. The number of nitrogens with zero attached hydrogens (tertiary/aromatic N) is 2. The number of isocyanates is 2. The van der Waals surface area contributed by atoms with Gasteiger partial charge in [0, 0.05) is 6.42 Å². The smallest absolute Gasteiger partial charge is 0.211 e. The topological polar surface area (TPSA) is 58.9 Å². The predicted octanol–water partition coefficient (Wildman–Crippen LogP) is 1.13. The molecule has 0 atom stereocenters. The van der Waals surface area contributed by atoms with Crippen LogP contribution in [0, 0.1) is 0 Å². The van der Waals surface area contributed by atoms with Gasteiger partial charge < -0.3 is 0 Å². The van der Waals surface area contributed by atoms with E-state index in [9.17, 15) is 9.59 Å². The number of aliphatic imine (C=N–C) groups is 2. The zero-order valence-corrected chi connectivity index (χ0v) is 7.63. The van der Waals surface area contributed by atoms with Crippen molar-refractivity contribution in [2.24, 2.45) is 9.98 Å². The fourth-order valence-corrected chi connectivity index (χ4v) is 1.28. The lowest BCUT2D eigenvalue weighted by Crippen LogP contribution is -2.01. The maximum Gasteiger partial charge on any atom is 0.237 e. The average Bonchev–Trinajstić information content (AvgIpc) is 2.06. The molecule has 0 rings (SSSR count). The minimum absolute atomic E-state index is 0.584. The van der Waals surface area contributed by atoms with Gasteiger partial charge in [0.1, 0.15) is 0 Å². The molecule has 0 unspecified atom stereocenters. The second-order valence-electron chi connectivity index (χ2n) is 1.91. The summed E-state index contributed by atoms with van der Waals surface area (Å²) >= 11 is 1.71. The van der Waals surface area contributed by atoms with Crippen LogP contribution in [0.1, 0.15) is 13.3 Å². The van der Waals surface area contributed by atoms with Gasteiger partial charge in [0.25, 0.3) is 0 Å². The summed E-state index contributed by atoms with van der Waals surface area (Å²) in [4.78, 5) is 26.3. The summed E-state index contributed by atoms with van der Waals surface area (Å²) in [6.07, 6.45) is 2.75. The highest BCUT2D eigenvalue weighted by molar-refractivity contribution is 7.99. The van der Waals surface area contributed by atoms with E-state index in [1.54, 1.807) is 11.8 Å². The second kappa shape index (κ2) is 8.21. The molecule has 0 radical (unpaired) electrons. The average molecular weight is 186 g/mol. The molecule has 0 spiro atoms. The molecule has 0 amide bonds. The standard InChI is InChI=1S/C7H10N2O2S/c1-2-12-4-3-7(8-5-10)9-6-11/h7H,2-4H2,1H3. The molecule has 4 nitrogen and oxygen atoms in total. The van der Waals surface area contributed by atoms with Crippen molar-refractivity contribution >= 4 is 23.9 Å². The fourth-order valence-electron chi connectivity index (χ4n) is 0.613. The van der Waals surface area contributed by atoms with Gasteiger partial charge in [-0.1, -0.05) is 6.92 Å². The van der Waals surface area contributed by atoms with Crippen molar-refractivity contribution in [2.45, 2.75) is 19.5 Å². The van der Waals surface area contributed by atoms with Gasteiger partial charge in [-0.15, -0.1) is 0 Å². The molecular weight excluding hydrogens is 176 g/mol. The summed E-state index contributed by atoms with van der Waals surface area (Å²) in [5, 5.41) is 0. The van der Waals surface area contributed by atoms with E-state index in [4.69, 9.17) is 0 Å². The van der Waals surface area contributed by atoms with Crippen molar-refractivity contribution in [3.8, 4) is 0 Å². The molecule has 12 heavy (non-hydrogen) atoms. The van der Waals surface area contributed by atoms with Crippen LogP contribution in [0.15, 0.2) is 9.98 Å². The predicted molar refractivity (Wildman–Crippen MR) is 47.6 cm³/mol. The van der Waals surface area contributed by atoms with Crippen LogP contribution in [0.25, 0.3) is 0 Å². The van der Waals surface area contributed by atoms with Crippen LogP contribution in [-0.4, -0.2) is 29.8 Å². The zero-order chi connectivity index (χ0) is 9.23. The molecule has 0 aromatic carbocycles. The molecule has 0 aliphatic carbocycles. The quantitative estimate of drug-likeness (QED) is 0.355. The molecule has 0 N–H and O–H groups in total. The molecule has 0 bridgehead atoms. The first-order valence-corrected chi connectivity index (χ1v) is 4.72. The Labute approximate surface area is 75.2 Å². The minimum atomic E-state index is -0.584. The lowest BCUT2D eigenvalue weighted by atomic mass is 10.4. The summed E-state index contributed by atoms with van der Waals surface area (Å²) in [5.74, 6) is 1.83. The third-order valence-electron chi connectivity index (χ3n) is 1.13. The molecule has 0 fully saturated rings. The van der Waals surface area contributed by atoms with E-state index in [0.29, 0.717) is 6.42 Å². The van der Waals surface area contributed by atoms with Gasteiger partial charge in [0.15, 0.2) is 6.17 Å². The van der Waals surface area contributed by atoms with E-state index in [1.807, 2.05) is 6.92 Å². The van der Waals surface area contributed by atoms with E-state index in [1.165, 1.54) is 12.2 Å². The largest absolute Gasteiger partial charge is 0.237 e. The maximum absolute atomic E-state index is 9.83. The molecule has 66 valence electrons. The van der Waals surface area contributed by atoms with Gasteiger partial charge in [0.2, 0.25) is 12.2 Å². The van der Waals surface area contributed by atoms with Gasteiger partial charge in [0.05, 0.1) is 0 Å². The maximum atomic E-state index is 9.83. The van der Waals surface area contributed by atoms with Gasteiger partial charge in [-0.25, -0.2) is 9.59 Å². The van der Waals surface area contributed by atoms with E-state index in [-0.39, 0.29) is 0 Å². The Kier molecular flexibility index (Phi) is 7.60. The third-order valence-corrected chi connectivity index (χ3v) is 2.06. The van der Waals surface area contributed by atoms with Crippen LogP contribution >= 0.6 is 11.8 Å². The van der Waals surface area contributed by atoms with E-state index >= 15 is 0 Å².